The van der Waals surface area contributed by atoms with Crippen molar-refractivity contribution in [2.45, 2.75) is 46.2 Å². The molecule has 0 amide bonds. The van der Waals surface area contributed by atoms with Gasteiger partial charge in [0.1, 0.15) is 0 Å². The summed E-state index contributed by atoms with van der Waals surface area (Å²) in [4.78, 5) is 5.01. The first kappa shape index (κ1) is 16.3. The normalized spacial score (nSPS) is 16.2. The average Bonchev–Trinajstić information content (AvgIpc) is 2.40. The molecule has 3 nitrogen and oxygen atoms in total. The molecule has 1 aromatic rings. The third kappa shape index (κ3) is 4.72. The molecule has 0 saturated carbocycles. The van der Waals surface area contributed by atoms with Crippen LogP contribution in [0.5, 0.6) is 0 Å². The highest BCUT2D eigenvalue weighted by molar-refractivity contribution is 5.47. The molecule has 1 saturated heterocycles. The zero-order valence-electron chi connectivity index (χ0n) is 14.1. The zero-order valence-corrected chi connectivity index (χ0v) is 14.1. The van der Waals surface area contributed by atoms with E-state index in [1.807, 2.05) is 0 Å². The van der Waals surface area contributed by atoms with E-state index in [0.29, 0.717) is 12.1 Å². The monoisotopic (exact) mass is 289 g/mol. The van der Waals surface area contributed by atoms with Gasteiger partial charge in [-0.3, -0.25) is 4.90 Å². The summed E-state index contributed by atoms with van der Waals surface area (Å²) < 4.78 is 0. The maximum atomic E-state index is 3.69. The van der Waals surface area contributed by atoms with Crippen molar-refractivity contribution in [3.8, 4) is 0 Å². The Bertz CT molecular complexity index is 407. The van der Waals surface area contributed by atoms with Crippen molar-refractivity contribution in [1.82, 2.24) is 10.2 Å². The Balaban J connectivity index is 1.75. The molecule has 1 aliphatic rings. The van der Waals surface area contributed by atoms with Gasteiger partial charge in [-0.25, -0.2) is 0 Å². The van der Waals surface area contributed by atoms with Crippen LogP contribution in [-0.2, 0) is 0 Å². The molecule has 0 unspecified atom stereocenters. The SMILES string of the molecule is CCCN(CCNC1CN(C(C)C)C1)c1ccc(C)cc1. The molecular formula is C18H31N3. The van der Waals surface area contributed by atoms with Gasteiger partial charge >= 0.3 is 0 Å². The second-order valence-corrected chi connectivity index (χ2v) is 6.52. The lowest BCUT2D eigenvalue weighted by molar-refractivity contribution is 0.0928. The minimum atomic E-state index is 0.687. The first-order valence-corrected chi connectivity index (χ1v) is 8.39. The van der Waals surface area contributed by atoms with Crippen LogP contribution >= 0.6 is 0 Å². The van der Waals surface area contributed by atoms with Crippen molar-refractivity contribution < 1.29 is 0 Å². The number of hydrogen-bond donors (Lipinski definition) is 1. The minimum absolute atomic E-state index is 0.687. The first-order valence-electron chi connectivity index (χ1n) is 8.39. The fourth-order valence-corrected chi connectivity index (χ4v) is 2.86. The topological polar surface area (TPSA) is 18.5 Å². The van der Waals surface area contributed by atoms with Crippen LogP contribution in [0.15, 0.2) is 24.3 Å². The highest BCUT2D eigenvalue weighted by Gasteiger charge is 2.27. The van der Waals surface area contributed by atoms with Crippen molar-refractivity contribution in [3.63, 3.8) is 0 Å². The molecular weight excluding hydrogens is 258 g/mol. The number of anilines is 1. The molecule has 2 rings (SSSR count). The van der Waals surface area contributed by atoms with Gasteiger partial charge in [0.2, 0.25) is 0 Å². The van der Waals surface area contributed by atoms with Crippen molar-refractivity contribution in [2.75, 3.05) is 37.6 Å². The number of nitrogens with one attached hydrogen (secondary N) is 1. The Morgan fingerprint density at radius 3 is 2.43 bits per heavy atom. The molecule has 0 aromatic heterocycles. The van der Waals surface area contributed by atoms with Crippen LogP contribution in [0, 0.1) is 6.92 Å². The number of likely N-dealkylation sites (tertiary alicyclic amines) is 1. The number of aryl methyl sites for hydroxylation is 1. The molecule has 0 atom stereocenters. The predicted octanol–water partition coefficient (Wildman–Crippen LogP) is 2.89. The standard InChI is InChI=1S/C18H31N3/c1-5-11-20(18-8-6-16(4)7-9-18)12-10-19-17-13-21(14-17)15(2)3/h6-9,15,17,19H,5,10-14H2,1-4H3. The molecule has 1 heterocycles. The van der Waals surface area contributed by atoms with E-state index < -0.39 is 0 Å². The first-order chi connectivity index (χ1) is 10.1. The van der Waals surface area contributed by atoms with Gasteiger partial charge < -0.3 is 10.2 Å². The molecule has 1 N–H and O–H groups in total. The van der Waals surface area contributed by atoms with E-state index in [0.717, 1.165) is 19.6 Å². The number of rotatable bonds is 8. The summed E-state index contributed by atoms with van der Waals surface area (Å²) in [6, 6.07) is 10.3. The highest BCUT2D eigenvalue weighted by Crippen LogP contribution is 2.15. The van der Waals surface area contributed by atoms with Crippen LogP contribution < -0.4 is 10.2 Å². The van der Waals surface area contributed by atoms with E-state index in [1.165, 1.54) is 30.8 Å². The van der Waals surface area contributed by atoms with E-state index in [-0.39, 0.29) is 0 Å². The van der Waals surface area contributed by atoms with E-state index >= 15 is 0 Å². The lowest BCUT2D eigenvalue weighted by atomic mass is 10.1. The molecule has 1 aliphatic heterocycles. The van der Waals surface area contributed by atoms with Crippen molar-refractivity contribution in [2.24, 2.45) is 0 Å². The fraction of sp³-hybridized carbons (Fsp3) is 0.667. The second kappa shape index (κ2) is 7.81. The Kier molecular flexibility index (Phi) is 6.07. The molecule has 0 radical (unpaired) electrons. The number of hydrogen-bond acceptors (Lipinski definition) is 3. The highest BCUT2D eigenvalue weighted by atomic mass is 15.3. The Labute approximate surface area is 130 Å². The summed E-state index contributed by atoms with van der Waals surface area (Å²) in [5, 5.41) is 3.69. The van der Waals surface area contributed by atoms with Gasteiger partial charge in [0, 0.05) is 50.5 Å². The van der Waals surface area contributed by atoms with Crippen LogP contribution in [0.4, 0.5) is 5.69 Å². The van der Waals surface area contributed by atoms with Crippen molar-refractivity contribution in [3.05, 3.63) is 29.8 Å². The van der Waals surface area contributed by atoms with Crippen LogP contribution in [0.2, 0.25) is 0 Å². The minimum Gasteiger partial charge on any atom is -0.370 e. The smallest absolute Gasteiger partial charge is 0.0366 e. The second-order valence-electron chi connectivity index (χ2n) is 6.52. The summed E-state index contributed by atoms with van der Waals surface area (Å²) in [6.45, 7) is 14.7. The van der Waals surface area contributed by atoms with E-state index in [1.54, 1.807) is 0 Å². The fourth-order valence-electron chi connectivity index (χ4n) is 2.86. The Hall–Kier alpha value is -1.06. The molecule has 3 heteroatoms. The molecule has 1 fully saturated rings. The maximum Gasteiger partial charge on any atom is 0.0366 e. The summed E-state index contributed by atoms with van der Waals surface area (Å²) in [5.74, 6) is 0. The van der Waals surface area contributed by atoms with E-state index in [9.17, 15) is 0 Å². The molecule has 0 spiro atoms. The zero-order chi connectivity index (χ0) is 15.2. The van der Waals surface area contributed by atoms with Gasteiger partial charge in [0.05, 0.1) is 0 Å². The van der Waals surface area contributed by atoms with Gasteiger partial charge in [-0.05, 0) is 39.3 Å². The summed E-state index contributed by atoms with van der Waals surface area (Å²) in [7, 11) is 0. The largest absolute Gasteiger partial charge is 0.370 e. The summed E-state index contributed by atoms with van der Waals surface area (Å²) >= 11 is 0. The number of nitrogens with zero attached hydrogens (tertiary/aromatic N) is 2. The number of benzene rings is 1. The quantitative estimate of drug-likeness (QED) is 0.794. The van der Waals surface area contributed by atoms with E-state index in [4.69, 9.17) is 0 Å². The van der Waals surface area contributed by atoms with Gasteiger partial charge in [-0.1, -0.05) is 24.6 Å². The van der Waals surface area contributed by atoms with Crippen LogP contribution in [-0.4, -0.2) is 49.7 Å². The van der Waals surface area contributed by atoms with Crippen LogP contribution in [0.1, 0.15) is 32.8 Å². The van der Waals surface area contributed by atoms with Crippen molar-refractivity contribution in [1.29, 1.82) is 0 Å². The lowest BCUT2D eigenvalue weighted by Crippen LogP contribution is -2.60. The van der Waals surface area contributed by atoms with Crippen molar-refractivity contribution >= 4 is 5.69 Å². The molecule has 0 bridgehead atoms. The average molecular weight is 289 g/mol. The van der Waals surface area contributed by atoms with Crippen LogP contribution in [0.25, 0.3) is 0 Å². The predicted molar refractivity (Wildman–Crippen MR) is 92.2 cm³/mol. The van der Waals surface area contributed by atoms with Gasteiger partial charge in [-0.2, -0.15) is 0 Å². The van der Waals surface area contributed by atoms with Crippen LogP contribution in [0.3, 0.4) is 0 Å². The Morgan fingerprint density at radius 2 is 1.86 bits per heavy atom. The van der Waals surface area contributed by atoms with Gasteiger partial charge in [0.25, 0.3) is 0 Å². The maximum absolute atomic E-state index is 3.69. The van der Waals surface area contributed by atoms with E-state index in [2.05, 4.69) is 67.1 Å². The Morgan fingerprint density at radius 1 is 1.19 bits per heavy atom. The summed E-state index contributed by atoms with van der Waals surface area (Å²) in [5.41, 5.74) is 2.68. The van der Waals surface area contributed by atoms with Gasteiger partial charge in [0.15, 0.2) is 0 Å². The van der Waals surface area contributed by atoms with Gasteiger partial charge in [-0.15, -0.1) is 0 Å². The molecule has 0 aliphatic carbocycles. The third-order valence-electron chi connectivity index (χ3n) is 4.35. The third-order valence-corrected chi connectivity index (χ3v) is 4.35. The lowest BCUT2D eigenvalue weighted by Gasteiger charge is -2.42. The molecule has 1 aromatic carbocycles. The molecule has 21 heavy (non-hydrogen) atoms. The summed E-state index contributed by atoms with van der Waals surface area (Å²) in [6.07, 6.45) is 1.19. The molecule has 118 valence electrons.